The van der Waals surface area contributed by atoms with Crippen LogP contribution in [-0.2, 0) is 4.74 Å². The fourth-order valence-corrected chi connectivity index (χ4v) is 3.29. The molecule has 3 N–H and O–H groups in total. The molecule has 3 nitrogen and oxygen atoms in total. The summed E-state index contributed by atoms with van der Waals surface area (Å²) in [4.78, 5) is 1.54. The van der Waals surface area contributed by atoms with Crippen LogP contribution >= 0.6 is 24.0 Å². The first-order chi connectivity index (χ1) is 8.98. The van der Waals surface area contributed by atoms with E-state index in [2.05, 4.69) is 19.2 Å². The molecule has 2 rings (SSSR count). The number of hydrogen-bond acceptors (Lipinski definition) is 4. The molecule has 5 heteroatoms. The summed E-state index contributed by atoms with van der Waals surface area (Å²) in [7, 11) is 0. The first kappa shape index (κ1) is 14.6. The maximum absolute atomic E-state index is 5.89. The number of thioether (sulfide) groups is 1. The fourth-order valence-electron chi connectivity index (χ4n) is 2.37. The van der Waals surface area contributed by atoms with Gasteiger partial charge in [0.25, 0.3) is 0 Å². The summed E-state index contributed by atoms with van der Waals surface area (Å²) in [5.74, 6) is 0. The molecular formula is C14H20N2OS2. The third-order valence-electron chi connectivity index (χ3n) is 3.80. The number of nitrogens with two attached hydrogens (primary N) is 1. The molecule has 0 aromatic heterocycles. The van der Waals surface area contributed by atoms with Crippen molar-refractivity contribution >= 4 is 34.7 Å². The first-order valence-corrected chi connectivity index (χ1v) is 7.98. The van der Waals surface area contributed by atoms with E-state index in [4.69, 9.17) is 22.7 Å². The number of rotatable bonds is 4. The Morgan fingerprint density at radius 1 is 1.58 bits per heavy atom. The first-order valence-electron chi connectivity index (χ1n) is 6.34. The molecule has 0 amide bonds. The van der Waals surface area contributed by atoms with E-state index in [1.165, 1.54) is 0 Å². The minimum atomic E-state index is -0.0729. The zero-order valence-electron chi connectivity index (χ0n) is 11.5. The molecule has 1 fully saturated rings. The lowest BCUT2D eigenvalue weighted by Gasteiger charge is -2.31. The second kappa shape index (κ2) is 5.69. The van der Waals surface area contributed by atoms with Crippen LogP contribution in [0, 0.1) is 0 Å². The van der Waals surface area contributed by atoms with Gasteiger partial charge in [-0.2, -0.15) is 0 Å². The quantitative estimate of drug-likeness (QED) is 0.660. The SMILES string of the molecule is CSc1cccc(NC2(C)CCOC2C)c1C(N)=S. The molecule has 0 radical (unpaired) electrons. The van der Waals surface area contributed by atoms with Gasteiger partial charge in [0.1, 0.15) is 4.99 Å². The monoisotopic (exact) mass is 296 g/mol. The molecule has 1 heterocycles. The van der Waals surface area contributed by atoms with Gasteiger partial charge in [-0.05, 0) is 38.7 Å². The summed E-state index contributed by atoms with van der Waals surface area (Å²) < 4.78 is 5.67. The number of hydrogen-bond donors (Lipinski definition) is 2. The van der Waals surface area contributed by atoms with Gasteiger partial charge >= 0.3 is 0 Å². The Bertz CT molecular complexity index is 492. The second-order valence-corrected chi connectivity index (χ2v) is 6.34. The van der Waals surface area contributed by atoms with Crippen molar-refractivity contribution < 1.29 is 4.74 Å². The maximum Gasteiger partial charge on any atom is 0.107 e. The molecular weight excluding hydrogens is 276 g/mol. The summed E-state index contributed by atoms with van der Waals surface area (Å²) in [5.41, 5.74) is 7.75. The Labute approximate surface area is 124 Å². The van der Waals surface area contributed by atoms with Crippen LogP contribution in [0.15, 0.2) is 23.1 Å². The number of thiocarbonyl (C=S) groups is 1. The number of anilines is 1. The van der Waals surface area contributed by atoms with Crippen molar-refractivity contribution in [3.8, 4) is 0 Å². The van der Waals surface area contributed by atoms with E-state index in [0.29, 0.717) is 4.99 Å². The van der Waals surface area contributed by atoms with Crippen molar-refractivity contribution in [2.75, 3.05) is 18.2 Å². The van der Waals surface area contributed by atoms with Crippen molar-refractivity contribution in [2.24, 2.45) is 5.73 Å². The summed E-state index contributed by atoms with van der Waals surface area (Å²) in [5, 5.41) is 3.59. The van der Waals surface area contributed by atoms with E-state index in [1.807, 2.05) is 24.5 Å². The van der Waals surface area contributed by atoms with Crippen LogP contribution in [0.5, 0.6) is 0 Å². The Balaban J connectivity index is 2.37. The largest absolute Gasteiger partial charge is 0.389 e. The molecule has 1 aromatic carbocycles. The van der Waals surface area contributed by atoms with Crippen molar-refractivity contribution in [3.63, 3.8) is 0 Å². The summed E-state index contributed by atoms with van der Waals surface area (Å²) in [6.45, 7) is 5.06. The molecule has 1 aliphatic heterocycles. The average molecular weight is 296 g/mol. The van der Waals surface area contributed by atoms with Crippen molar-refractivity contribution in [1.29, 1.82) is 0 Å². The van der Waals surface area contributed by atoms with E-state index >= 15 is 0 Å². The molecule has 2 unspecified atom stereocenters. The number of benzene rings is 1. The third-order valence-corrected chi connectivity index (χ3v) is 4.78. The lowest BCUT2D eigenvalue weighted by molar-refractivity contribution is 0.105. The second-order valence-electron chi connectivity index (χ2n) is 5.05. The van der Waals surface area contributed by atoms with Gasteiger partial charge in [0, 0.05) is 22.8 Å². The van der Waals surface area contributed by atoms with Crippen LogP contribution in [0.4, 0.5) is 5.69 Å². The lowest BCUT2D eigenvalue weighted by Crippen LogP contribution is -2.41. The molecule has 2 atom stereocenters. The number of nitrogens with one attached hydrogen (secondary N) is 1. The van der Waals surface area contributed by atoms with Gasteiger partial charge in [-0.25, -0.2) is 0 Å². The normalized spacial score (nSPS) is 26.4. The highest BCUT2D eigenvalue weighted by Gasteiger charge is 2.37. The highest BCUT2D eigenvalue weighted by Crippen LogP contribution is 2.33. The number of ether oxygens (including phenoxy) is 1. The van der Waals surface area contributed by atoms with Crippen LogP contribution in [0.3, 0.4) is 0 Å². The van der Waals surface area contributed by atoms with E-state index in [-0.39, 0.29) is 11.6 Å². The van der Waals surface area contributed by atoms with Crippen LogP contribution < -0.4 is 11.1 Å². The molecule has 1 saturated heterocycles. The molecule has 1 aromatic rings. The van der Waals surface area contributed by atoms with Gasteiger partial charge in [-0.3, -0.25) is 0 Å². The molecule has 0 spiro atoms. The molecule has 0 bridgehead atoms. The van der Waals surface area contributed by atoms with Gasteiger partial charge in [0.2, 0.25) is 0 Å². The van der Waals surface area contributed by atoms with Gasteiger partial charge in [0.15, 0.2) is 0 Å². The van der Waals surface area contributed by atoms with Crippen molar-refractivity contribution in [3.05, 3.63) is 23.8 Å². The highest BCUT2D eigenvalue weighted by atomic mass is 32.2. The zero-order chi connectivity index (χ0) is 14.0. The predicted octanol–water partition coefficient (Wildman–Crippen LogP) is 3.02. The third kappa shape index (κ3) is 2.88. The average Bonchev–Trinajstić information content (AvgIpc) is 2.68. The lowest BCUT2D eigenvalue weighted by atomic mass is 9.93. The Hall–Kier alpha value is -0.780. The van der Waals surface area contributed by atoms with Gasteiger partial charge < -0.3 is 15.8 Å². The summed E-state index contributed by atoms with van der Waals surface area (Å²) >= 11 is 6.86. The minimum absolute atomic E-state index is 0.0729. The highest BCUT2D eigenvalue weighted by molar-refractivity contribution is 7.98. The smallest absolute Gasteiger partial charge is 0.107 e. The van der Waals surface area contributed by atoms with E-state index in [1.54, 1.807) is 11.8 Å². The van der Waals surface area contributed by atoms with E-state index < -0.39 is 0 Å². The fraction of sp³-hybridized carbons (Fsp3) is 0.500. The standard InChI is InChI=1S/C14H20N2OS2/c1-9-14(2,7-8-17-9)16-10-5-4-6-11(19-3)12(10)13(15)18/h4-6,9,16H,7-8H2,1-3H3,(H2,15,18). The molecule has 1 aliphatic rings. The minimum Gasteiger partial charge on any atom is -0.389 e. The topological polar surface area (TPSA) is 47.3 Å². The summed E-state index contributed by atoms with van der Waals surface area (Å²) in [6, 6.07) is 6.10. The van der Waals surface area contributed by atoms with Crippen LogP contribution in [-0.4, -0.2) is 29.5 Å². The van der Waals surface area contributed by atoms with Crippen molar-refractivity contribution in [1.82, 2.24) is 0 Å². The predicted molar refractivity (Wildman–Crippen MR) is 86.2 cm³/mol. The maximum atomic E-state index is 5.89. The Kier molecular flexibility index (Phi) is 4.38. The molecule has 104 valence electrons. The van der Waals surface area contributed by atoms with Crippen molar-refractivity contribution in [2.45, 2.75) is 36.8 Å². The molecule has 0 saturated carbocycles. The van der Waals surface area contributed by atoms with Crippen LogP contribution in [0.25, 0.3) is 0 Å². The molecule has 19 heavy (non-hydrogen) atoms. The van der Waals surface area contributed by atoms with Crippen LogP contribution in [0.1, 0.15) is 25.8 Å². The zero-order valence-corrected chi connectivity index (χ0v) is 13.2. The summed E-state index contributed by atoms with van der Waals surface area (Å²) in [6.07, 6.45) is 3.18. The van der Waals surface area contributed by atoms with Gasteiger partial charge in [-0.15, -0.1) is 11.8 Å². The van der Waals surface area contributed by atoms with Gasteiger partial charge in [-0.1, -0.05) is 18.3 Å². The van der Waals surface area contributed by atoms with Crippen LogP contribution in [0.2, 0.25) is 0 Å². The Morgan fingerprint density at radius 2 is 2.32 bits per heavy atom. The Morgan fingerprint density at radius 3 is 2.84 bits per heavy atom. The van der Waals surface area contributed by atoms with E-state index in [0.717, 1.165) is 29.2 Å². The van der Waals surface area contributed by atoms with E-state index in [9.17, 15) is 0 Å². The van der Waals surface area contributed by atoms with Gasteiger partial charge in [0.05, 0.1) is 11.6 Å². The molecule has 0 aliphatic carbocycles.